The Kier molecular flexibility index (Phi) is 5.52. The van der Waals surface area contributed by atoms with E-state index in [0.717, 1.165) is 5.69 Å². The first-order chi connectivity index (χ1) is 6.80. The van der Waals surface area contributed by atoms with Gasteiger partial charge in [-0.3, -0.25) is 0 Å². The summed E-state index contributed by atoms with van der Waals surface area (Å²) < 4.78 is 0.900. The molecule has 7 heteroatoms. The number of hydrogen-bond donors (Lipinski definition) is 3. The Hall–Kier alpha value is -0.517. The minimum absolute atomic E-state index is 0. The van der Waals surface area contributed by atoms with Gasteiger partial charge in [0.25, 0.3) is 0 Å². The zero-order chi connectivity index (χ0) is 11.6. The number of aliphatic carboxylic acids is 1. The van der Waals surface area contributed by atoms with Crippen LogP contribution < -0.4 is 0 Å². The molecular weight excluding hydrogens is 280 g/mol. The molecule has 0 spiro atoms. The maximum absolute atomic E-state index is 11.1. The van der Waals surface area contributed by atoms with Crippen molar-refractivity contribution in [3.05, 3.63) is 16.7 Å². The molecule has 1 aromatic heterocycles. The van der Waals surface area contributed by atoms with E-state index in [2.05, 4.69) is 9.97 Å². The van der Waals surface area contributed by atoms with E-state index in [0.29, 0.717) is 15.7 Å². The first-order valence-corrected chi connectivity index (χ1v) is 5.02. The summed E-state index contributed by atoms with van der Waals surface area (Å²) >= 11 is 4.88. The largest absolute Gasteiger partial charge is 2.00 e. The van der Waals surface area contributed by atoms with E-state index in [1.165, 1.54) is 0 Å². The zero-order valence-corrected chi connectivity index (χ0v) is 13.6. The molecule has 1 atom stereocenters. The number of quaternary nitrogens is 1. The van der Waals surface area contributed by atoms with Gasteiger partial charge in [-0.1, -0.05) is 0 Å². The first kappa shape index (κ1) is 15.5. The summed E-state index contributed by atoms with van der Waals surface area (Å²) in [7, 11) is 5.58. The fourth-order valence-corrected chi connectivity index (χ4v) is 1.57. The molecule has 0 fully saturated rings. The molecule has 16 heavy (non-hydrogen) atoms. The molecule has 0 aliphatic rings. The Balaban J connectivity index is 0.00000225. The van der Waals surface area contributed by atoms with E-state index in [9.17, 15) is 4.79 Å². The third-order valence-corrected chi connectivity index (χ3v) is 2.50. The fraction of sp³-hybridized carbons (Fsp3) is 0.556. The van der Waals surface area contributed by atoms with Gasteiger partial charge in [-0.25, -0.2) is 4.79 Å². The second-order valence-electron chi connectivity index (χ2n) is 4.44. The number of aromatic nitrogens is 2. The van der Waals surface area contributed by atoms with Crippen molar-refractivity contribution in [2.24, 2.45) is 0 Å². The van der Waals surface area contributed by atoms with Gasteiger partial charge in [0, 0.05) is 11.9 Å². The number of nitrogens with one attached hydrogen (secondary N) is 2. The number of imidazole rings is 1. The van der Waals surface area contributed by atoms with Crippen molar-refractivity contribution in [1.29, 1.82) is 0 Å². The molecule has 0 unspecified atom stereocenters. The Morgan fingerprint density at radius 1 is 1.56 bits per heavy atom. The summed E-state index contributed by atoms with van der Waals surface area (Å²) in [5, 5.41) is 9.11. The number of likely N-dealkylation sites (N-methyl/N-ethyl adjacent to an activating group) is 1. The Morgan fingerprint density at radius 3 is 2.44 bits per heavy atom. The number of carbonyl (C=O) groups is 1. The van der Waals surface area contributed by atoms with Crippen molar-refractivity contribution in [1.82, 2.24) is 9.97 Å². The molecule has 84 valence electrons. The molecule has 0 aromatic carbocycles. The normalized spacial score (nSPS) is 12.9. The summed E-state index contributed by atoms with van der Waals surface area (Å²) in [6, 6.07) is -0.480. The predicted molar refractivity (Wildman–Crippen MR) is 59.1 cm³/mol. The van der Waals surface area contributed by atoms with Gasteiger partial charge in [0.05, 0.1) is 27.6 Å². The maximum atomic E-state index is 11.1. The Bertz CT molecular complexity index is 407. The van der Waals surface area contributed by atoms with E-state index < -0.39 is 12.0 Å². The summed E-state index contributed by atoms with van der Waals surface area (Å²) in [5.41, 5.74) is 0.820. The summed E-state index contributed by atoms with van der Waals surface area (Å²) in [6.45, 7) is 0. The van der Waals surface area contributed by atoms with Crippen LogP contribution in [0.15, 0.2) is 6.20 Å². The van der Waals surface area contributed by atoms with Crippen LogP contribution >= 0.6 is 12.2 Å². The van der Waals surface area contributed by atoms with Gasteiger partial charge in [0.1, 0.15) is 0 Å². The molecule has 0 aliphatic carbocycles. The van der Waals surface area contributed by atoms with E-state index >= 15 is 0 Å². The van der Waals surface area contributed by atoms with Crippen molar-refractivity contribution < 1.29 is 33.9 Å². The zero-order valence-electron chi connectivity index (χ0n) is 9.78. The van der Waals surface area contributed by atoms with E-state index in [1.807, 2.05) is 21.1 Å². The molecule has 1 rings (SSSR count). The number of aromatic amines is 2. The third kappa shape index (κ3) is 4.16. The fourth-order valence-electron chi connectivity index (χ4n) is 1.38. The van der Waals surface area contributed by atoms with Gasteiger partial charge in [0.2, 0.25) is 0 Å². The Labute approximate surface area is 112 Å². The molecule has 0 bridgehead atoms. The van der Waals surface area contributed by atoms with Crippen LogP contribution in [0.25, 0.3) is 0 Å². The van der Waals surface area contributed by atoms with Crippen LogP contribution in [0.5, 0.6) is 0 Å². The summed E-state index contributed by atoms with van der Waals surface area (Å²) in [6.07, 6.45) is 2.15. The molecule has 1 aromatic rings. The van der Waals surface area contributed by atoms with Crippen molar-refractivity contribution in [3.8, 4) is 0 Å². The number of carboxylic acid groups (broad SMARTS) is 1. The molecule has 0 saturated carbocycles. The minimum atomic E-state index is -0.803. The third-order valence-electron chi connectivity index (χ3n) is 2.28. The molecule has 0 radical (unpaired) electrons. The van der Waals surface area contributed by atoms with Gasteiger partial charge in [-0.2, -0.15) is 0 Å². The standard InChI is InChI=1S/C9H15N3O2S.Zn/c1-12(2,3)7(8(13)14)4-6-5-10-9(15)11-6;/h5,7H,4H2,1-3H3,(H2-,10,11,13,14,15);/q;+2/p+1/t7-;/m0./s1. The van der Waals surface area contributed by atoms with Gasteiger partial charge in [0.15, 0.2) is 10.8 Å². The van der Waals surface area contributed by atoms with Gasteiger partial charge in [-0.15, -0.1) is 0 Å². The average Bonchev–Trinajstić information content (AvgIpc) is 2.44. The van der Waals surface area contributed by atoms with Crippen molar-refractivity contribution in [2.45, 2.75) is 12.5 Å². The van der Waals surface area contributed by atoms with Gasteiger partial charge >= 0.3 is 25.4 Å². The summed E-state index contributed by atoms with van der Waals surface area (Å²) in [4.78, 5) is 16.8. The SMILES string of the molecule is C[N+](C)(C)[C@@H](Cc1c[nH]c(=S)[nH]1)C(=O)O.[Zn+2]. The topological polar surface area (TPSA) is 68.9 Å². The van der Waals surface area contributed by atoms with Crippen molar-refractivity contribution in [3.63, 3.8) is 0 Å². The molecule has 0 amide bonds. The number of hydrogen-bond acceptors (Lipinski definition) is 2. The van der Waals surface area contributed by atoms with Crippen LogP contribution in [0, 0.1) is 4.77 Å². The van der Waals surface area contributed by atoms with E-state index in [1.54, 1.807) is 6.20 Å². The molecule has 1 heterocycles. The minimum Gasteiger partial charge on any atom is -0.477 e. The second kappa shape index (κ2) is 5.71. The van der Waals surface area contributed by atoms with Crippen LogP contribution in [0.4, 0.5) is 0 Å². The predicted octanol–water partition coefficient (Wildman–Crippen LogP) is 0.772. The number of H-pyrrole nitrogens is 2. The quantitative estimate of drug-likeness (QED) is 0.437. The number of nitrogens with zero attached hydrogens (tertiary/aromatic N) is 1. The first-order valence-electron chi connectivity index (χ1n) is 4.61. The van der Waals surface area contributed by atoms with Crippen LogP contribution in [0.3, 0.4) is 0 Å². The average molecular weight is 296 g/mol. The monoisotopic (exact) mass is 294 g/mol. The van der Waals surface area contributed by atoms with Crippen molar-refractivity contribution in [2.75, 3.05) is 21.1 Å². The number of carboxylic acids is 1. The van der Waals surface area contributed by atoms with Crippen LogP contribution in [0.1, 0.15) is 5.69 Å². The van der Waals surface area contributed by atoms with Crippen LogP contribution in [0.2, 0.25) is 0 Å². The summed E-state index contributed by atoms with van der Waals surface area (Å²) in [5.74, 6) is -0.803. The smallest absolute Gasteiger partial charge is 0.477 e. The van der Waals surface area contributed by atoms with E-state index in [-0.39, 0.29) is 19.5 Å². The van der Waals surface area contributed by atoms with E-state index in [4.69, 9.17) is 17.3 Å². The molecule has 3 N–H and O–H groups in total. The molecule has 0 saturated heterocycles. The van der Waals surface area contributed by atoms with Crippen LogP contribution in [-0.4, -0.2) is 52.7 Å². The molecule has 0 aliphatic heterocycles. The Morgan fingerprint density at radius 2 is 2.12 bits per heavy atom. The second-order valence-corrected chi connectivity index (χ2v) is 4.85. The maximum Gasteiger partial charge on any atom is 2.00 e. The molecule has 5 nitrogen and oxygen atoms in total. The van der Waals surface area contributed by atoms with Gasteiger partial charge < -0.3 is 19.6 Å². The van der Waals surface area contributed by atoms with Crippen molar-refractivity contribution >= 4 is 18.2 Å². The van der Waals surface area contributed by atoms with Crippen LogP contribution in [-0.2, 0) is 30.7 Å². The number of rotatable bonds is 4. The van der Waals surface area contributed by atoms with Gasteiger partial charge in [-0.05, 0) is 12.2 Å². The molecular formula is C9H16N3O2SZn+3.